The number of carbonyl (C=O) groups is 1. The van der Waals surface area contributed by atoms with Gasteiger partial charge in [0.25, 0.3) is 5.91 Å². The maximum Gasteiger partial charge on any atom is 0.275 e. The van der Waals surface area contributed by atoms with Crippen LogP contribution in [0.25, 0.3) is 0 Å². The summed E-state index contributed by atoms with van der Waals surface area (Å²) < 4.78 is 0. The summed E-state index contributed by atoms with van der Waals surface area (Å²) >= 11 is 0. The number of aryl methyl sites for hydroxylation is 1. The fourth-order valence-electron chi connectivity index (χ4n) is 2.66. The zero-order valence-electron chi connectivity index (χ0n) is 10.6. The minimum atomic E-state index is -0.158. The highest BCUT2D eigenvalue weighted by molar-refractivity contribution is 5.98. The molecule has 0 saturated heterocycles. The number of H-pyrrole nitrogens is 1. The van der Waals surface area contributed by atoms with Crippen molar-refractivity contribution in [3.63, 3.8) is 0 Å². The maximum atomic E-state index is 12.3. The molecule has 5 nitrogen and oxygen atoms in total. The van der Waals surface area contributed by atoms with Gasteiger partial charge in [-0.05, 0) is 12.5 Å². The van der Waals surface area contributed by atoms with Crippen LogP contribution in [0.15, 0.2) is 30.3 Å². The van der Waals surface area contributed by atoms with Crippen molar-refractivity contribution in [2.45, 2.75) is 13.0 Å². The quantitative estimate of drug-likeness (QED) is 0.869. The SMILES string of the molecule is Cc1[nH]nc2c1[C@@H](c1ccccc1)N(CCO)C2=O. The third-order valence-electron chi connectivity index (χ3n) is 3.50. The van der Waals surface area contributed by atoms with Crippen LogP contribution < -0.4 is 0 Å². The van der Waals surface area contributed by atoms with Gasteiger partial charge in [-0.3, -0.25) is 9.89 Å². The maximum absolute atomic E-state index is 12.3. The van der Waals surface area contributed by atoms with Crippen LogP contribution in [0.1, 0.15) is 33.4 Å². The lowest BCUT2D eigenvalue weighted by molar-refractivity contribution is 0.0706. The predicted molar refractivity (Wildman–Crippen MR) is 69.7 cm³/mol. The van der Waals surface area contributed by atoms with Crippen LogP contribution in [0.5, 0.6) is 0 Å². The summed E-state index contributed by atoms with van der Waals surface area (Å²) in [6.07, 6.45) is 0. The van der Waals surface area contributed by atoms with Crippen molar-refractivity contribution in [1.29, 1.82) is 0 Å². The molecule has 0 aliphatic carbocycles. The summed E-state index contributed by atoms with van der Waals surface area (Å²) in [5.41, 5.74) is 3.33. The number of hydrogen-bond acceptors (Lipinski definition) is 3. The number of amides is 1. The minimum absolute atomic E-state index is 0.0535. The monoisotopic (exact) mass is 257 g/mol. The van der Waals surface area contributed by atoms with Gasteiger partial charge < -0.3 is 10.0 Å². The minimum Gasteiger partial charge on any atom is -0.395 e. The molecule has 0 unspecified atom stereocenters. The molecule has 2 heterocycles. The molecule has 1 atom stereocenters. The van der Waals surface area contributed by atoms with Gasteiger partial charge in [-0.25, -0.2) is 0 Å². The van der Waals surface area contributed by atoms with E-state index < -0.39 is 0 Å². The molecule has 0 radical (unpaired) electrons. The van der Waals surface area contributed by atoms with E-state index >= 15 is 0 Å². The van der Waals surface area contributed by atoms with Crippen molar-refractivity contribution < 1.29 is 9.90 Å². The molecule has 98 valence electrons. The molecular formula is C14H15N3O2. The third kappa shape index (κ3) is 1.74. The number of β-amino-alcohol motifs (C(OH)–C–C–N with tert-alkyl or cyclic N) is 1. The number of benzene rings is 1. The number of carbonyl (C=O) groups excluding carboxylic acids is 1. The molecule has 2 aromatic rings. The molecule has 0 fully saturated rings. The van der Waals surface area contributed by atoms with E-state index in [0.29, 0.717) is 12.2 Å². The topological polar surface area (TPSA) is 69.2 Å². The Morgan fingerprint density at radius 2 is 2.11 bits per heavy atom. The average Bonchev–Trinajstić information content (AvgIpc) is 2.93. The van der Waals surface area contributed by atoms with E-state index in [9.17, 15) is 9.90 Å². The van der Waals surface area contributed by atoms with Gasteiger partial charge >= 0.3 is 0 Å². The second-order valence-electron chi connectivity index (χ2n) is 4.65. The Labute approximate surface area is 110 Å². The lowest BCUT2D eigenvalue weighted by atomic mass is 9.99. The van der Waals surface area contributed by atoms with Gasteiger partial charge in [0.1, 0.15) is 0 Å². The molecule has 0 saturated carbocycles. The van der Waals surface area contributed by atoms with Crippen molar-refractivity contribution in [3.05, 3.63) is 52.8 Å². The third-order valence-corrected chi connectivity index (χ3v) is 3.50. The zero-order chi connectivity index (χ0) is 13.4. The summed E-state index contributed by atoms with van der Waals surface area (Å²) in [5, 5.41) is 16.1. The number of rotatable bonds is 3. The second-order valence-corrected chi connectivity index (χ2v) is 4.65. The molecule has 1 aliphatic heterocycles. The van der Waals surface area contributed by atoms with Crippen molar-refractivity contribution in [2.24, 2.45) is 0 Å². The molecule has 0 bridgehead atoms. The van der Waals surface area contributed by atoms with E-state index in [1.54, 1.807) is 4.90 Å². The van der Waals surface area contributed by atoms with Crippen molar-refractivity contribution in [1.82, 2.24) is 15.1 Å². The first-order valence-corrected chi connectivity index (χ1v) is 6.25. The molecule has 1 aliphatic rings. The fourth-order valence-corrected chi connectivity index (χ4v) is 2.66. The van der Waals surface area contributed by atoms with E-state index in [2.05, 4.69) is 10.2 Å². The first-order valence-electron chi connectivity index (χ1n) is 6.25. The number of nitrogens with one attached hydrogen (secondary N) is 1. The predicted octanol–water partition coefficient (Wildman–Crippen LogP) is 1.26. The molecule has 1 aromatic carbocycles. The van der Waals surface area contributed by atoms with Crippen LogP contribution in [-0.2, 0) is 0 Å². The number of aromatic amines is 1. The van der Waals surface area contributed by atoms with Crippen molar-refractivity contribution in [3.8, 4) is 0 Å². The molecule has 0 spiro atoms. The average molecular weight is 257 g/mol. The van der Waals surface area contributed by atoms with Crippen molar-refractivity contribution in [2.75, 3.05) is 13.2 Å². The Bertz CT molecular complexity index is 606. The lowest BCUT2D eigenvalue weighted by Crippen LogP contribution is -2.32. The molecular weight excluding hydrogens is 242 g/mol. The first-order chi connectivity index (χ1) is 9.24. The number of hydrogen-bond donors (Lipinski definition) is 2. The van der Waals surface area contributed by atoms with Gasteiger partial charge in [-0.1, -0.05) is 30.3 Å². The van der Waals surface area contributed by atoms with E-state index in [4.69, 9.17) is 0 Å². The first kappa shape index (κ1) is 11.9. The molecule has 5 heteroatoms. The van der Waals surface area contributed by atoms with Gasteiger partial charge in [0.05, 0.1) is 12.6 Å². The highest BCUT2D eigenvalue weighted by Gasteiger charge is 2.40. The van der Waals surface area contributed by atoms with Crippen LogP contribution in [0.2, 0.25) is 0 Å². The summed E-state index contributed by atoms with van der Waals surface area (Å²) in [6, 6.07) is 9.66. The van der Waals surface area contributed by atoms with E-state index in [-0.39, 0.29) is 18.6 Å². The zero-order valence-corrected chi connectivity index (χ0v) is 10.6. The standard InChI is InChI=1S/C14H15N3O2/c1-9-11-12(16-15-9)14(19)17(7-8-18)13(11)10-5-3-2-4-6-10/h2-6,13,18H,7-8H2,1H3,(H,15,16)/t13-/m1/s1. The Kier molecular flexibility index (Phi) is 2.83. The number of aliphatic hydroxyl groups is 1. The molecule has 2 N–H and O–H groups in total. The Morgan fingerprint density at radius 3 is 2.79 bits per heavy atom. The van der Waals surface area contributed by atoms with Gasteiger partial charge in [0, 0.05) is 17.8 Å². The van der Waals surface area contributed by atoms with Crippen LogP contribution in [-0.4, -0.2) is 39.3 Å². The Morgan fingerprint density at radius 1 is 1.37 bits per heavy atom. The van der Waals surface area contributed by atoms with E-state index in [1.165, 1.54) is 0 Å². The smallest absolute Gasteiger partial charge is 0.275 e. The number of fused-ring (bicyclic) bond motifs is 1. The Balaban J connectivity index is 2.13. The van der Waals surface area contributed by atoms with E-state index in [1.807, 2.05) is 37.3 Å². The Hall–Kier alpha value is -2.14. The van der Waals surface area contributed by atoms with Crippen LogP contribution >= 0.6 is 0 Å². The largest absolute Gasteiger partial charge is 0.395 e. The summed E-state index contributed by atoms with van der Waals surface area (Å²) in [4.78, 5) is 14.0. The van der Waals surface area contributed by atoms with Gasteiger partial charge in [0.15, 0.2) is 5.69 Å². The molecule has 19 heavy (non-hydrogen) atoms. The van der Waals surface area contributed by atoms with Crippen molar-refractivity contribution >= 4 is 5.91 Å². The van der Waals surface area contributed by atoms with Gasteiger partial charge in [0.2, 0.25) is 0 Å². The summed E-state index contributed by atoms with van der Waals surface area (Å²) in [5.74, 6) is -0.123. The highest BCUT2D eigenvalue weighted by Crippen LogP contribution is 2.38. The number of aliphatic hydroxyl groups excluding tert-OH is 1. The van der Waals surface area contributed by atoms with E-state index in [0.717, 1.165) is 16.8 Å². The number of nitrogens with zero attached hydrogens (tertiary/aromatic N) is 2. The normalized spacial score (nSPS) is 17.9. The second kappa shape index (κ2) is 4.51. The fraction of sp³-hybridized carbons (Fsp3) is 0.286. The lowest BCUT2D eigenvalue weighted by Gasteiger charge is -2.25. The van der Waals surface area contributed by atoms with Crippen LogP contribution in [0, 0.1) is 6.92 Å². The number of aromatic nitrogens is 2. The van der Waals surface area contributed by atoms with Gasteiger partial charge in [-0.2, -0.15) is 5.10 Å². The molecule has 3 rings (SSSR count). The van der Waals surface area contributed by atoms with Crippen LogP contribution in [0.3, 0.4) is 0 Å². The van der Waals surface area contributed by atoms with Gasteiger partial charge in [-0.15, -0.1) is 0 Å². The summed E-state index contributed by atoms with van der Waals surface area (Å²) in [6.45, 7) is 2.17. The molecule has 1 amide bonds. The summed E-state index contributed by atoms with van der Waals surface area (Å²) in [7, 11) is 0. The van der Waals surface area contributed by atoms with Crippen LogP contribution in [0.4, 0.5) is 0 Å². The highest BCUT2D eigenvalue weighted by atomic mass is 16.3. The molecule has 1 aromatic heterocycles.